The zero-order valence-electron chi connectivity index (χ0n) is 17.0. The summed E-state index contributed by atoms with van der Waals surface area (Å²) in [6.45, 7) is 8.28. The molecule has 0 saturated heterocycles. The maximum absolute atomic E-state index is 10.5. The SMILES string of the molecule is COc1ccc(OC)c(-n2nnc(Sc3ccc(C(C)(C)C)cc3O)c2C)c1. The third kappa shape index (κ3) is 3.94. The molecule has 0 atom stereocenters. The van der Waals surface area contributed by atoms with Gasteiger partial charge in [0.25, 0.3) is 0 Å². The Hall–Kier alpha value is -2.67. The van der Waals surface area contributed by atoms with E-state index in [0.717, 1.165) is 21.8 Å². The maximum atomic E-state index is 10.5. The quantitative estimate of drug-likeness (QED) is 0.668. The van der Waals surface area contributed by atoms with E-state index in [4.69, 9.17) is 9.47 Å². The summed E-state index contributed by atoms with van der Waals surface area (Å²) in [7, 11) is 3.23. The average Bonchev–Trinajstić information content (AvgIpc) is 3.02. The second kappa shape index (κ2) is 7.75. The summed E-state index contributed by atoms with van der Waals surface area (Å²) in [6, 6.07) is 11.3. The normalized spacial score (nSPS) is 11.5. The van der Waals surface area contributed by atoms with Crippen molar-refractivity contribution in [2.24, 2.45) is 0 Å². The molecule has 1 heterocycles. The monoisotopic (exact) mass is 399 g/mol. The molecule has 28 heavy (non-hydrogen) atoms. The van der Waals surface area contributed by atoms with Gasteiger partial charge in [-0.25, -0.2) is 4.68 Å². The van der Waals surface area contributed by atoms with Crippen LogP contribution in [-0.4, -0.2) is 34.3 Å². The Morgan fingerprint density at radius 2 is 1.79 bits per heavy atom. The van der Waals surface area contributed by atoms with Crippen LogP contribution in [0.15, 0.2) is 46.3 Å². The molecule has 1 aromatic heterocycles. The van der Waals surface area contributed by atoms with Crippen LogP contribution in [0, 0.1) is 6.92 Å². The molecule has 0 spiro atoms. The van der Waals surface area contributed by atoms with E-state index >= 15 is 0 Å². The molecule has 0 aliphatic heterocycles. The van der Waals surface area contributed by atoms with Crippen LogP contribution in [0.4, 0.5) is 0 Å². The van der Waals surface area contributed by atoms with Gasteiger partial charge in [0.1, 0.15) is 28.0 Å². The molecule has 3 rings (SSSR count). The van der Waals surface area contributed by atoms with Gasteiger partial charge in [-0.3, -0.25) is 0 Å². The molecule has 3 aromatic rings. The van der Waals surface area contributed by atoms with Crippen LogP contribution in [0.1, 0.15) is 32.0 Å². The molecule has 2 aromatic carbocycles. The molecular weight excluding hydrogens is 374 g/mol. The Morgan fingerprint density at radius 3 is 2.39 bits per heavy atom. The molecule has 0 aliphatic rings. The number of ether oxygens (including phenoxy) is 2. The first-order valence-electron chi connectivity index (χ1n) is 8.90. The van der Waals surface area contributed by atoms with Gasteiger partial charge >= 0.3 is 0 Å². The second-order valence-electron chi connectivity index (χ2n) is 7.46. The van der Waals surface area contributed by atoms with Crippen LogP contribution < -0.4 is 9.47 Å². The van der Waals surface area contributed by atoms with E-state index in [2.05, 4.69) is 31.1 Å². The molecule has 0 bridgehead atoms. The molecule has 7 heteroatoms. The fourth-order valence-electron chi connectivity index (χ4n) is 2.78. The predicted octanol–water partition coefficient (Wildman–Crippen LogP) is 4.75. The minimum atomic E-state index is -0.0252. The number of rotatable bonds is 5. The first-order chi connectivity index (χ1) is 13.2. The van der Waals surface area contributed by atoms with Crippen molar-refractivity contribution in [3.05, 3.63) is 47.7 Å². The number of phenols is 1. The number of hydrogen-bond acceptors (Lipinski definition) is 6. The van der Waals surface area contributed by atoms with Crippen LogP contribution in [0.3, 0.4) is 0 Å². The summed E-state index contributed by atoms with van der Waals surface area (Å²) in [5.74, 6) is 1.61. The van der Waals surface area contributed by atoms with E-state index in [0.29, 0.717) is 16.5 Å². The number of benzene rings is 2. The molecule has 0 unspecified atom stereocenters. The molecule has 6 nitrogen and oxygen atoms in total. The van der Waals surface area contributed by atoms with Gasteiger partial charge in [0.15, 0.2) is 0 Å². The molecule has 0 radical (unpaired) electrons. The smallest absolute Gasteiger partial charge is 0.147 e. The van der Waals surface area contributed by atoms with Crippen LogP contribution >= 0.6 is 11.8 Å². The Kier molecular flexibility index (Phi) is 5.56. The summed E-state index contributed by atoms with van der Waals surface area (Å²) in [5.41, 5.74) is 2.64. The number of aromatic hydroxyl groups is 1. The minimum Gasteiger partial charge on any atom is -0.507 e. The van der Waals surface area contributed by atoms with Crippen molar-refractivity contribution in [1.29, 1.82) is 0 Å². The minimum absolute atomic E-state index is 0.0252. The number of hydrogen-bond donors (Lipinski definition) is 1. The summed E-state index contributed by atoms with van der Waals surface area (Å²) in [4.78, 5) is 0.737. The van der Waals surface area contributed by atoms with Crippen molar-refractivity contribution in [3.63, 3.8) is 0 Å². The third-order valence-electron chi connectivity index (χ3n) is 4.50. The lowest BCUT2D eigenvalue weighted by Gasteiger charge is -2.19. The molecule has 0 saturated carbocycles. The largest absolute Gasteiger partial charge is 0.507 e. The highest BCUT2D eigenvalue weighted by Gasteiger charge is 2.19. The highest BCUT2D eigenvalue weighted by Crippen LogP contribution is 2.38. The summed E-state index contributed by atoms with van der Waals surface area (Å²) >= 11 is 1.38. The van der Waals surface area contributed by atoms with Crippen LogP contribution in [-0.2, 0) is 5.41 Å². The van der Waals surface area contributed by atoms with Gasteiger partial charge < -0.3 is 14.6 Å². The van der Waals surface area contributed by atoms with Crippen LogP contribution in [0.5, 0.6) is 17.2 Å². The van der Waals surface area contributed by atoms with Gasteiger partial charge in [-0.15, -0.1) is 5.10 Å². The highest BCUT2D eigenvalue weighted by atomic mass is 32.2. The summed E-state index contributed by atoms with van der Waals surface area (Å²) in [6.07, 6.45) is 0. The van der Waals surface area contributed by atoms with Crippen molar-refractivity contribution in [2.75, 3.05) is 14.2 Å². The third-order valence-corrected chi connectivity index (χ3v) is 5.63. The Morgan fingerprint density at radius 1 is 1.04 bits per heavy atom. The standard InChI is InChI=1S/C21H25N3O3S/c1-13-20(28-19-10-7-14(11-17(19)25)21(2,3)4)22-23-24(13)16-12-15(26-5)8-9-18(16)27-6/h7-12,25H,1-6H3. The van der Waals surface area contributed by atoms with Crippen molar-refractivity contribution in [1.82, 2.24) is 15.0 Å². The van der Waals surface area contributed by atoms with E-state index in [9.17, 15) is 5.11 Å². The van der Waals surface area contributed by atoms with E-state index in [-0.39, 0.29) is 11.2 Å². The maximum Gasteiger partial charge on any atom is 0.147 e. The molecule has 1 N–H and O–H groups in total. The van der Waals surface area contributed by atoms with Crippen molar-refractivity contribution in [2.45, 2.75) is 43.0 Å². The predicted molar refractivity (Wildman–Crippen MR) is 110 cm³/mol. The fraction of sp³-hybridized carbons (Fsp3) is 0.333. The number of nitrogens with zero attached hydrogens (tertiary/aromatic N) is 3. The van der Waals surface area contributed by atoms with Gasteiger partial charge in [-0.05, 0) is 42.2 Å². The highest BCUT2D eigenvalue weighted by molar-refractivity contribution is 7.99. The Bertz CT molecular complexity index is 993. The van der Waals surface area contributed by atoms with Gasteiger partial charge in [0, 0.05) is 6.07 Å². The molecule has 0 aliphatic carbocycles. The second-order valence-corrected chi connectivity index (χ2v) is 8.49. The summed E-state index contributed by atoms with van der Waals surface area (Å²) < 4.78 is 12.5. The number of phenolic OH excluding ortho intramolecular Hbond substituents is 1. The fourth-order valence-corrected chi connectivity index (χ4v) is 3.59. The topological polar surface area (TPSA) is 69.4 Å². The van der Waals surface area contributed by atoms with Gasteiger partial charge in [0.2, 0.25) is 0 Å². The average molecular weight is 400 g/mol. The number of methoxy groups -OCH3 is 2. The van der Waals surface area contributed by atoms with Crippen molar-refractivity contribution in [3.8, 4) is 22.9 Å². The van der Waals surface area contributed by atoms with E-state index < -0.39 is 0 Å². The van der Waals surface area contributed by atoms with Gasteiger partial charge in [-0.1, -0.05) is 43.8 Å². The lowest BCUT2D eigenvalue weighted by Crippen LogP contribution is -2.10. The number of aromatic nitrogens is 3. The first kappa shape index (κ1) is 20.1. The van der Waals surface area contributed by atoms with E-state index in [1.165, 1.54) is 11.8 Å². The molecule has 148 valence electrons. The van der Waals surface area contributed by atoms with Crippen molar-refractivity contribution < 1.29 is 14.6 Å². The first-order valence-corrected chi connectivity index (χ1v) is 9.72. The molecule has 0 fully saturated rings. The summed E-state index contributed by atoms with van der Waals surface area (Å²) in [5, 5.41) is 19.8. The van der Waals surface area contributed by atoms with Crippen LogP contribution in [0.2, 0.25) is 0 Å². The Balaban J connectivity index is 1.95. The lowest BCUT2D eigenvalue weighted by atomic mass is 9.87. The van der Waals surface area contributed by atoms with Crippen molar-refractivity contribution >= 4 is 11.8 Å². The zero-order valence-corrected chi connectivity index (χ0v) is 17.8. The molecular formula is C21H25N3O3S. The van der Waals surface area contributed by atoms with Gasteiger partial charge in [-0.2, -0.15) is 0 Å². The lowest BCUT2D eigenvalue weighted by molar-refractivity contribution is 0.400. The van der Waals surface area contributed by atoms with Gasteiger partial charge in [0.05, 0.1) is 24.8 Å². The Labute approximate surface area is 169 Å². The van der Waals surface area contributed by atoms with Crippen LogP contribution in [0.25, 0.3) is 5.69 Å². The van der Waals surface area contributed by atoms with E-state index in [1.807, 2.05) is 43.3 Å². The van der Waals surface area contributed by atoms with E-state index in [1.54, 1.807) is 18.9 Å². The zero-order chi connectivity index (χ0) is 20.5. The molecule has 0 amide bonds.